The van der Waals surface area contributed by atoms with E-state index in [9.17, 15) is 0 Å². The lowest BCUT2D eigenvalue weighted by atomic mass is 9.82. The summed E-state index contributed by atoms with van der Waals surface area (Å²) < 4.78 is 0. The molecule has 0 radical (unpaired) electrons. The van der Waals surface area contributed by atoms with Gasteiger partial charge in [0, 0.05) is 5.92 Å². The van der Waals surface area contributed by atoms with Crippen molar-refractivity contribution in [2.24, 2.45) is 5.92 Å². The van der Waals surface area contributed by atoms with Crippen molar-refractivity contribution in [1.29, 1.82) is 0 Å². The summed E-state index contributed by atoms with van der Waals surface area (Å²) in [7, 11) is 0. The molecule has 1 unspecified atom stereocenters. The van der Waals surface area contributed by atoms with Gasteiger partial charge in [-0.15, -0.1) is 0 Å². The third kappa shape index (κ3) is 13.2. The van der Waals surface area contributed by atoms with Crippen molar-refractivity contribution in [3.63, 3.8) is 0 Å². The molecule has 1 nitrogen and oxygen atoms in total. The zero-order valence-corrected chi connectivity index (χ0v) is 15.4. The van der Waals surface area contributed by atoms with Gasteiger partial charge in [0.25, 0.3) is 0 Å². The molecule has 20 heavy (non-hydrogen) atoms. The van der Waals surface area contributed by atoms with E-state index >= 15 is 0 Å². The van der Waals surface area contributed by atoms with Crippen LogP contribution in [0.2, 0.25) is 0 Å². The molecule has 0 aromatic heterocycles. The molecule has 0 saturated carbocycles. The van der Waals surface area contributed by atoms with E-state index in [4.69, 9.17) is 0 Å². The molecule has 0 aliphatic rings. The number of halogens is 1. The van der Waals surface area contributed by atoms with Gasteiger partial charge in [-0.1, -0.05) is 78.1 Å². The minimum absolute atomic E-state index is 0. The van der Waals surface area contributed by atoms with Crippen LogP contribution < -0.4 is 18.1 Å². The average molecular weight is 306 g/mol. The number of hydrogen-bond donors (Lipinski definition) is 1. The largest absolute Gasteiger partial charge is 1.00 e. The lowest BCUT2D eigenvalue weighted by molar-refractivity contribution is -0.481. The molecule has 0 rings (SSSR count). The Balaban J connectivity index is 0. The van der Waals surface area contributed by atoms with Crippen LogP contribution in [0.4, 0.5) is 0 Å². The highest BCUT2D eigenvalue weighted by Gasteiger charge is 2.26. The highest BCUT2D eigenvalue weighted by atomic mass is 35.5. The van der Waals surface area contributed by atoms with Crippen LogP contribution in [-0.4, -0.2) is 5.54 Å². The molecule has 0 aromatic rings. The minimum Gasteiger partial charge on any atom is -1.00 e. The molecule has 0 aliphatic carbocycles. The summed E-state index contributed by atoms with van der Waals surface area (Å²) in [4.78, 5) is 0. The normalized spacial score (nSPS) is 13.1. The van der Waals surface area contributed by atoms with E-state index in [0.29, 0.717) is 0 Å². The van der Waals surface area contributed by atoms with Crippen LogP contribution in [0, 0.1) is 5.92 Å². The summed E-state index contributed by atoms with van der Waals surface area (Å²) in [6, 6.07) is 0. The monoisotopic (exact) mass is 305 g/mol. The molecule has 0 fully saturated rings. The maximum Gasteiger partial charge on any atom is 0.0917 e. The first kappa shape index (κ1) is 22.5. The molecule has 124 valence electrons. The maximum absolute atomic E-state index is 4.31. The van der Waals surface area contributed by atoms with Crippen LogP contribution >= 0.6 is 0 Å². The SMILES string of the molecule is CCCCCCCCCCCCC(CC)C(C)(C)[NH3+].[Cl-]. The fourth-order valence-electron chi connectivity index (χ4n) is 3.03. The molecule has 0 amide bonds. The average Bonchev–Trinajstić information content (AvgIpc) is 2.34. The molecular formula is C18H40ClN. The van der Waals surface area contributed by atoms with Crippen LogP contribution in [0.5, 0.6) is 0 Å². The fourth-order valence-corrected chi connectivity index (χ4v) is 3.03. The Hall–Kier alpha value is 0.250. The van der Waals surface area contributed by atoms with Gasteiger partial charge >= 0.3 is 0 Å². The van der Waals surface area contributed by atoms with Gasteiger partial charge in [-0.2, -0.15) is 0 Å². The van der Waals surface area contributed by atoms with Gasteiger partial charge in [0.2, 0.25) is 0 Å². The first-order chi connectivity index (χ1) is 9.02. The summed E-state index contributed by atoms with van der Waals surface area (Å²) in [5.41, 5.74) is 4.56. The zero-order valence-electron chi connectivity index (χ0n) is 14.6. The third-order valence-corrected chi connectivity index (χ3v) is 4.50. The van der Waals surface area contributed by atoms with Crippen LogP contribution in [0.3, 0.4) is 0 Å². The molecule has 1 atom stereocenters. The zero-order chi connectivity index (χ0) is 14.6. The highest BCUT2D eigenvalue weighted by molar-refractivity contribution is 4.74. The van der Waals surface area contributed by atoms with Crippen LogP contribution in [-0.2, 0) is 0 Å². The van der Waals surface area contributed by atoms with E-state index in [2.05, 4.69) is 33.4 Å². The van der Waals surface area contributed by atoms with Crippen molar-refractivity contribution >= 4 is 0 Å². The smallest absolute Gasteiger partial charge is 0.0917 e. The summed E-state index contributed by atoms with van der Waals surface area (Å²) >= 11 is 0. The summed E-state index contributed by atoms with van der Waals surface area (Å²) in [5, 5.41) is 0. The molecule has 2 heteroatoms. The lowest BCUT2D eigenvalue weighted by Crippen LogP contribution is -3.00. The molecule has 0 bridgehead atoms. The van der Waals surface area contributed by atoms with Gasteiger partial charge in [-0.3, -0.25) is 0 Å². The quantitative estimate of drug-likeness (QED) is 0.506. The van der Waals surface area contributed by atoms with Crippen molar-refractivity contribution in [3.8, 4) is 0 Å². The Bertz CT molecular complexity index is 186. The fraction of sp³-hybridized carbons (Fsp3) is 1.00. The van der Waals surface area contributed by atoms with E-state index in [0.717, 1.165) is 5.92 Å². The third-order valence-electron chi connectivity index (χ3n) is 4.50. The topological polar surface area (TPSA) is 27.6 Å². The van der Waals surface area contributed by atoms with E-state index in [1.54, 1.807) is 0 Å². The molecular weight excluding hydrogens is 266 g/mol. The number of hydrogen-bond acceptors (Lipinski definition) is 0. The standard InChI is InChI=1S/C18H39N.ClH/c1-5-7-8-9-10-11-12-13-14-15-16-17(6-2)18(3,4)19;/h17H,5-16,19H2,1-4H3;1H. The lowest BCUT2D eigenvalue weighted by Gasteiger charge is -2.26. The second-order valence-electron chi connectivity index (χ2n) is 7.06. The first-order valence-electron chi connectivity index (χ1n) is 8.87. The van der Waals surface area contributed by atoms with Gasteiger partial charge < -0.3 is 18.1 Å². The summed E-state index contributed by atoms with van der Waals surface area (Å²) in [6.45, 7) is 9.18. The molecule has 0 aliphatic heterocycles. The van der Waals surface area contributed by atoms with Gasteiger partial charge in [-0.25, -0.2) is 0 Å². The molecule has 0 heterocycles. The Morgan fingerprint density at radius 3 is 1.50 bits per heavy atom. The molecule has 0 spiro atoms. The molecule has 0 saturated heterocycles. The van der Waals surface area contributed by atoms with E-state index in [1.165, 1.54) is 77.0 Å². The predicted octanol–water partition coefficient (Wildman–Crippen LogP) is 2.35. The van der Waals surface area contributed by atoms with Crippen LogP contribution in [0.1, 0.15) is 105 Å². The minimum atomic E-state index is 0. The Morgan fingerprint density at radius 1 is 0.750 bits per heavy atom. The predicted molar refractivity (Wildman–Crippen MR) is 87.2 cm³/mol. The van der Waals surface area contributed by atoms with Crippen molar-refractivity contribution in [1.82, 2.24) is 0 Å². The molecule has 3 N–H and O–H groups in total. The number of unbranched alkanes of at least 4 members (excludes halogenated alkanes) is 9. The van der Waals surface area contributed by atoms with Crippen molar-refractivity contribution in [2.45, 2.75) is 110 Å². The van der Waals surface area contributed by atoms with E-state index in [-0.39, 0.29) is 17.9 Å². The van der Waals surface area contributed by atoms with Gasteiger partial charge in [0.05, 0.1) is 5.54 Å². The molecule has 0 aromatic carbocycles. The van der Waals surface area contributed by atoms with E-state index in [1.807, 2.05) is 0 Å². The van der Waals surface area contributed by atoms with Crippen LogP contribution in [0.25, 0.3) is 0 Å². The summed E-state index contributed by atoms with van der Waals surface area (Å²) in [5.74, 6) is 0.807. The van der Waals surface area contributed by atoms with Gasteiger partial charge in [0.1, 0.15) is 0 Å². The van der Waals surface area contributed by atoms with Gasteiger partial charge in [0.15, 0.2) is 0 Å². The number of rotatable bonds is 13. The maximum atomic E-state index is 4.31. The van der Waals surface area contributed by atoms with Crippen molar-refractivity contribution in [2.75, 3.05) is 0 Å². The Kier molecular flexibility index (Phi) is 16.0. The highest BCUT2D eigenvalue weighted by Crippen LogP contribution is 2.23. The van der Waals surface area contributed by atoms with Crippen molar-refractivity contribution < 1.29 is 18.1 Å². The second kappa shape index (κ2) is 14.2. The second-order valence-corrected chi connectivity index (χ2v) is 7.06. The van der Waals surface area contributed by atoms with Crippen LogP contribution in [0.15, 0.2) is 0 Å². The van der Waals surface area contributed by atoms with Gasteiger partial charge in [-0.05, 0) is 26.7 Å². The first-order valence-corrected chi connectivity index (χ1v) is 8.87. The Morgan fingerprint density at radius 2 is 1.15 bits per heavy atom. The number of quaternary nitrogens is 1. The Labute approximate surface area is 134 Å². The summed E-state index contributed by atoms with van der Waals surface area (Å²) in [6.07, 6.45) is 17.0. The van der Waals surface area contributed by atoms with Crippen molar-refractivity contribution in [3.05, 3.63) is 0 Å². The van der Waals surface area contributed by atoms with E-state index < -0.39 is 0 Å².